The number of quaternary nitrogens is 1. The molecule has 0 atom stereocenters. The molecule has 0 aliphatic carbocycles. The molecule has 1 N–H and O–H groups in total. The lowest BCUT2D eigenvalue weighted by molar-refractivity contribution is -0.872. The standard InChI is InChI=1S/C9H13N.C8H8O3S/c1-10(2)8-9-6-4-3-5-7-9;9-12(10,11)7-6-8-4-2-1-3-5-8/h3-7H,8H2,1-2H3;1-7H,(H,9,10,11). The fourth-order valence-electron chi connectivity index (χ4n) is 1.73. The van der Waals surface area contributed by atoms with Crippen molar-refractivity contribution in [2.75, 3.05) is 14.1 Å². The fraction of sp³-hybridized carbons (Fsp3) is 0.176. The van der Waals surface area contributed by atoms with Gasteiger partial charge in [-0.05, 0) is 11.6 Å². The smallest absolute Gasteiger partial charge is 0.117 e. The minimum Gasteiger partial charge on any atom is -0.744 e. The molecule has 0 radical (unpaired) electrons. The van der Waals surface area contributed by atoms with Gasteiger partial charge in [0.15, 0.2) is 0 Å². The number of rotatable bonds is 4. The summed E-state index contributed by atoms with van der Waals surface area (Å²) in [4.78, 5) is 1.46. The third-order valence-corrected chi connectivity index (χ3v) is 3.10. The second-order valence-electron chi connectivity index (χ2n) is 5.08. The van der Waals surface area contributed by atoms with Crippen molar-refractivity contribution >= 4 is 16.2 Å². The molecule has 5 heteroatoms. The average Bonchev–Trinajstić information content (AvgIpc) is 2.47. The Kier molecular flexibility index (Phi) is 7.52. The van der Waals surface area contributed by atoms with Crippen LogP contribution < -0.4 is 4.90 Å². The van der Waals surface area contributed by atoms with E-state index in [1.165, 1.54) is 16.5 Å². The van der Waals surface area contributed by atoms with Crippen LogP contribution in [0.25, 0.3) is 6.08 Å². The SMILES string of the molecule is C[NH+](C)Cc1ccccc1.O=S(=O)([O-])C=Cc1ccccc1. The second-order valence-corrected chi connectivity index (χ2v) is 6.33. The van der Waals surface area contributed by atoms with Crippen LogP contribution in [0.15, 0.2) is 66.1 Å². The first-order chi connectivity index (χ1) is 10.4. The highest BCUT2D eigenvalue weighted by atomic mass is 32.2. The molecule has 0 saturated heterocycles. The Morgan fingerprint density at radius 3 is 1.91 bits per heavy atom. The lowest BCUT2D eigenvalue weighted by atomic mass is 10.2. The third kappa shape index (κ3) is 9.07. The summed E-state index contributed by atoms with van der Waals surface area (Å²) in [5, 5.41) is 0.641. The van der Waals surface area contributed by atoms with Crippen LogP contribution in [0, 0.1) is 0 Å². The van der Waals surface area contributed by atoms with Crippen LogP contribution in [-0.2, 0) is 16.7 Å². The Balaban J connectivity index is 0.000000224. The molecule has 2 rings (SSSR count). The molecule has 0 amide bonds. The van der Waals surface area contributed by atoms with Gasteiger partial charge in [-0.1, -0.05) is 60.7 Å². The molecule has 2 aromatic carbocycles. The van der Waals surface area contributed by atoms with E-state index in [0.717, 1.165) is 6.54 Å². The first kappa shape index (κ1) is 18.1. The Morgan fingerprint density at radius 1 is 0.955 bits per heavy atom. The van der Waals surface area contributed by atoms with Gasteiger partial charge in [0, 0.05) is 11.0 Å². The highest BCUT2D eigenvalue weighted by Gasteiger charge is 1.93. The third-order valence-electron chi connectivity index (χ3n) is 2.63. The van der Waals surface area contributed by atoms with Crippen molar-refractivity contribution < 1.29 is 17.9 Å². The van der Waals surface area contributed by atoms with Gasteiger partial charge in [0.25, 0.3) is 0 Å². The number of nitrogens with one attached hydrogen (secondary N) is 1. The summed E-state index contributed by atoms with van der Waals surface area (Å²) in [5.74, 6) is 0. The average molecular weight is 319 g/mol. The molecule has 4 nitrogen and oxygen atoms in total. The van der Waals surface area contributed by atoms with Gasteiger partial charge in [0.2, 0.25) is 0 Å². The molecule has 0 fully saturated rings. The zero-order chi connectivity index (χ0) is 16.4. The first-order valence-electron chi connectivity index (χ1n) is 6.89. The number of hydrogen-bond acceptors (Lipinski definition) is 3. The minimum atomic E-state index is -4.25. The maximum Gasteiger partial charge on any atom is 0.117 e. The molecule has 0 bridgehead atoms. The largest absolute Gasteiger partial charge is 0.744 e. The van der Waals surface area contributed by atoms with Crippen molar-refractivity contribution in [3.05, 3.63) is 77.2 Å². The number of hydrogen-bond donors (Lipinski definition) is 1. The van der Waals surface area contributed by atoms with Crippen LogP contribution in [0.2, 0.25) is 0 Å². The molecule has 0 heterocycles. The van der Waals surface area contributed by atoms with E-state index in [-0.39, 0.29) is 0 Å². The molecule has 0 saturated carbocycles. The Morgan fingerprint density at radius 2 is 1.45 bits per heavy atom. The summed E-state index contributed by atoms with van der Waals surface area (Å²) < 4.78 is 30.5. The minimum absolute atomic E-state index is 0.641. The van der Waals surface area contributed by atoms with Gasteiger partial charge in [-0.2, -0.15) is 0 Å². The normalized spacial score (nSPS) is 11.3. The fourth-order valence-corrected chi connectivity index (χ4v) is 2.05. The van der Waals surface area contributed by atoms with Crippen molar-refractivity contribution in [3.8, 4) is 0 Å². The van der Waals surface area contributed by atoms with Gasteiger partial charge in [-0.25, -0.2) is 8.42 Å². The van der Waals surface area contributed by atoms with E-state index in [1.54, 1.807) is 24.3 Å². The predicted molar refractivity (Wildman–Crippen MR) is 88.1 cm³/mol. The lowest BCUT2D eigenvalue weighted by Gasteiger charge is -2.05. The molecule has 0 aromatic heterocycles. The maximum atomic E-state index is 10.2. The zero-order valence-corrected chi connectivity index (χ0v) is 13.6. The summed E-state index contributed by atoms with van der Waals surface area (Å²) in [6, 6.07) is 19.3. The van der Waals surface area contributed by atoms with Crippen molar-refractivity contribution in [1.82, 2.24) is 0 Å². The van der Waals surface area contributed by atoms with E-state index in [1.807, 2.05) is 6.07 Å². The lowest BCUT2D eigenvalue weighted by Crippen LogP contribution is -3.04. The van der Waals surface area contributed by atoms with Crippen molar-refractivity contribution in [3.63, 3.8) is 0 Å². The Hall–Kier alpha value is -1.95. The maximum absolute atomic E-state index is 10.2. The first-order valence-corrected chi connectivity index (χ1v) is 8.36. The highest BCUT2D eigenvalue weighted by Crippen LogP contribution is 2.01. The molecule has 2 aromatic rings. The molecule has 0 aliphatic rings. The molecule has 118 valence electrons. The van der Waals surface area contributed by atoms with Crippen LogP contribution >= 0.6 is 0 Å². The van der Waals surface area contributed by atoms with Crippen LogP contribution in [0.4, 0.5) is 0 Å². The van der Waals surface area contributed by atoms with Gasteiger partial charge in [-0.3, -0.25) is 0 Å². The second kappa shape index (κ2) is 9.15. The summed E-state index contributed by atoms with van der Waals surface area (Å²) >= 11 is 0. The van der Waals surface area contributed by atoms with Crippen molar-refractivity contribution in [1.29, 1.82) is 0 Å². The monoisotopic (exact) mass is 319 g/mol. The number of benzene rings is 2. The van der Waals surface area contributed by atoms with E-state index >= 15 is 0 Å². The van der Waals surface area contributed by atoms with Gasteiger partial charge in [0.1, 0.15) is 16.7 Å². The Bertz CT molecular complexity index is 666. The van der Waals surface area contributed by atoms with Gasteiger partial charge in [0.05, 0.1) is 14.1 Å². The topological polar surface area (TPSA) is 61.6 Å². The summed E-state index contributed by atoms with van der Waals surface area (Å²) in [7, 11) is 0.0666. The molecular weight excluding hydrogens is 298 g/mol. The van der Waals surface area contributed by atoms with E-state index in [9.17, 15) is 13.0 Å². The van der Waals surface area contributed by atoms with Gasteiger partial charge >= 0.3 is 0 Å². The van der Waals surface area contributed by atoms with E-state index in [0.29, 0.717) is 11.0 Å². The molecule has 22 heavy (non-hydrogen) atoms. The highest BCUT2D eigenvalue weighted by molar-refractivity contribution is 7.88. The predicted octanol–water partition coefficient (Wildman–Crippen LogP) is 1.53. The van der Waals surface area contributed by atoms with Crippen LogP contribution in [-0.4, -0.2) is 27.1 Å². The Labute approximate surface area is 132 Å². The van der Waals surface area contributed by atoms with Crippen LogP contribution in [0.1, 0.15) is 11.1 Å². The van der Waals surface area contributed by atoms with E-state index < -0.39 is 10.1 Å². The molecule has 0 unspecified atom stereocenters. The van der Waals surface area contributed by atoms with Crippen molar-refractivity contribution in [2.24, 2.45) is 0 Å². The quantitative estimate of drug-likeness (QED) is 0.870. The van der Waals surface area contributed by atoms with Gasteiger partial charge < -0.3 is 9.45 Å². The van der Waals surface area contributed by atoms with Crippen molar-refractivity contribution in [2.45, 2.75) is 6.54 Å². The van der Waals surface area contributed by atoms with E-state index in [4.69, 9.17) is 0 Å². The molecule has 0 aliphatic heterocycles. The zero-order valence-electron chi connectivity index (χ0n) is 12.8. The molecule has 0 spiro atoms. The summed E-state index contributed by atoms with van der Waals surface area (Å²) in [5.41, 5.74) is 2.10. The summed E-state index contributed by atoms with van der Waals surface area (Å²) in [6.07, 6.45) is 1.27. The summed E-state index contributed by atoms with van der Waals surface area (Å²) in [6.45, 7) is 1.11. The van der Waals surface area contributed by atoms with Crippen LogP contribution in [0.5, 0.6) is 0 Å². The van der Waals surface area contributed by atoms with Gasteiger partial charge in [-0.15, -0.1) is 0 Å². The van der Waals surface area contributed by atoms with E-state index in [2.05, 4.69) is 44.4 Å². The molecular formula is C17H21NO3S. The van der Waals surface area contributed by atoms with Crippen LogP contribution in [0.3, 0.4) is 0 Å².